The summed E-state index contributed by atoms with van der Waals surface area (Å²) < 4.78 is 11.0. The van der Waals surface area contributed by atoms with E-state index in [1.165, 1.54) is 19.4 Å². The second kappa shape index (κ2) is 6.90. The predicted molar refractivity (Wildman–Crippen MR) is 88.7 cm³/mol. The lowest BCUT2D eigenvalue weighted by Gasteiger charge is -2.42. The largest absolute Gasteiger partial charge is 0.458 e. The molecule has 0 aromatic rings. The van der Waals surface area contributed by atoms with Crippen LogP contribution in [0.3, 0.4) is 0 Å². The first-order valence-corrected chi connectivity index (χ1v) is 8.47. The van der Waals surface area contributed by atoms with Crippen molar-refractivity contribution >= 4 is 11.9 Å². The van der Waals surface area contributed by atoms with Gasteiger partial charge in [-0.15, -0.1) is 0 Å². The maximum atomic E-state index is 11.5. The van der Waals surface area contributed by atoms with Gasteiger partial charge in [0, 0.05) is 19.3 Å². The van der Waals surface area contributed by atoms with E-state index in [-0.39, 0.29) is 17.4 Å². The van der Waals surface area contributed by atoms with Gasteiger partial charge in [0.25, 0.3) is 0 Å². The minimum Gasteiger partial charge on any atom is -0.458 e. The molecule has 2 aliphatic carbocycles. The van der Waals surface area contributed by atoms with Crippen molar-refractivity contribution in [2.75, 3.05) is 0 Å². The molecule has 0 saturated carbocycles. The zero-order chi connectivity index (χ0) is 17.2. The maximum Gasteiger partial charge on any atom is 0.303 e. The first-order chi connectivity index (χ1) is 10.7. The average Bonchev–Trinajstić information content (AvgIpc) is 2.43. The molecule has 0 N–H and O–H groups in total. The third-order valence-electron chi connectivity index (χ3n) is 5.33. The van der Waals surface area contributed by atoms with Gasteiger partial charge in [-0.2, -0.15) is 0 Å². The molecule has 4 atom stereocenters. The molecule has 4 heteroatoms. The molecule has 0 fully saturated rings. The van der Waals surface area contributed by atoms with Crippen LogP contribution in [0, 0.1) is 11.3 Å². The summed E-state index contributed by atoms with van der Waals surface area (Å²) in [6.07, 6.45) is 7.45. The molecule has 0 radical (unpaired) electrons. The highest BCUT2D eigenvalue weighted by Gasteiger charge is 2.40. The molecule has 2 aliphatic rings. The minimum atomic E-state index is -0.496. The van der Waals surface area contributed by atoms with E-state index in [1.807, 2.05) is 6.92 Å². The summed E-state index contributed by atoms with van der Waals surface area (Å²) in [7, 11) is 0. The number of carbonyl (C=O) groups excluding carboxylic acids is 2. The monoisotopic (exact) mass is 320 g/mol. The second-order valence-electron chi connectivity index (χ2n) is 7.10. The van der Waals surface area contributed by atoms with E-state index in [0.717, 1.165) is 24.8 Å². The molecule has 0 spiro atoms. The normalized spacial score (nSPS) is 34.2. The van der Waals surface area contributed by atoms with Crippen LogP contribution in [0.4, 0.5) is 0 Å². The number of rotatable bonds is 2. The number of ether oxygens (including phenoxy) is 2. The summed E-state index contributed by atoms with van der Waals surface area (Å²) in [5, 5.41) is 0. The van der Waals surface area contributed by atoms with Gasteiger partial charge in [0.15, 0.2) is 6.10 Å². The molecule has 0 aliphatic heterocycles. The Morgan fingerprint density at radius 2 is 1.83 bits per heavy atom. The standard InChI is InChI=1S/C19H28O4/c1-12-11-19(5)13(2)7-6-8-16(19)9-10-17(22-14(3)20)18(12)23-15(4)21/h8,11,13,17-18H,6-7,9-10H2,1-5H3/t13-,17-,18-,19+/m0/s1. The Kier molecular flexibility index (Phi) is 5.33. The van der Waals surface area contributed by atoms with Crippen molar-refractivity contribution in [1.29, 1.82) is 0 Å². The van der Waals surface area contributed by atoms with E-state index < -0.39 is 12.2 Å². The molecule has 0 aromatic carbocycles. The molecular formula is C19H28O4. The zero-order valence-electron chi connectivity index (χ0n) is 14.8. The minimum absolute atomic E-state index is 0.0120. The predicted octanol–water partition coefficient (Wildman–Crippen LogP) is 3.95. The third kappa shape index (κ3) is 3.85. The van der Waals surface area contributed by atoms with E-state index in [0.29, 0.717) is 12.3 Å². The van der Waals surface area contributed by atoms with Crippen LogP contribution in [0.25, 0.3) is 0 Å². The van der Waals surface area contributed by atoms with Gasteiger partial charge in [-0.25, -0.2) is 0 Å². The molecule has 0 bridgehead atoms. The van der Waals surface area contributed by atoms with Gasteiger partial charge in [0.05, 0.1) is 0 Å². The first-order valence-electron chi connectivity index (χ1n) is 8.47. The summed E-state index contributed by atoms with van der Waals surface area (Å²) in [5.41, 5.74) is 2.37. The lowest BCUT2D eigenvalue weighted by Crippen LogP contribution is -2.39. The van der Waals surface area contributed by atoms with Gasteiger partial charge in [-0.3, -0.25) is 9.59 Å². The molecule has 23 heavy (non-hydrogen) atoms. The summed E-state index contributed by atoms with van der Waals surface area (Å²) in [5.74, 6) is -0.145. The maximum absolute atomic E-state index is 11.5. The molecule has 2 rings (SSSR count). The summed E-state index contributed by atoms with van der Waals surface area (Å²) in [6.45, 7) is 9.31. The number of hydrogen-bond donors (Lipinski definition) is 0. The fourth-order valence-electron chi connectivity index (χ4n) is 3.93. The van der Waals surface area contributed by atoms with Gasteiger partial charge in [-0.05, 0) is 44.1 Å². The van der Waals surface area contributed by atoms with Gasteiger partial charge >= 0.3 is 11.9 Å². The van der Waals surface area contributed by atoms with Crippen molar-refractivity contribution in [3.05, 3.63) is 23.3 Å². The fraction of sp³-hybridized carbons (Fsp3) is 0.684. The van der Waals surface area contributed by atoms with Crippen LogP contribution in [-0.2, 0) is 19.1 Å². The fourth-order valence-corrected chi connectivity index (χ4v) is 3.93. The van der Waals surface area contributed by atoms with Crippen LogP contribution in [0.5, 0.6) is 0 Å². The molecule has 0 heterocycles. The number of allylic oxidation sites excluding steroid dienone is 3. The van der Waals surface area contributed by atoms with Gasteiger partial charge in [0.1, 0.15) is 6.10 Å². The molecular weight excluding hydrogens is 292 g/mol. The molecule has 0 unspecified atom stereocenters. The first kappa shape index (κ1) is 17.8. The van der Waals surface area contributed by atoms with Crippen LogP contribution < -0.4 is 0 Å². The van der Waals surface area contributed by atoms with Crippen LogP contribution >= 0.6 is 0 Å². The van der Waals surface area contributed by atoms with Gasteiger partial charge in [0.2, 0.25) is 0 Å². The van der Waals surface area contributed by atoms with Crippen LogP contribution in [0.1, 0.15) is 60.3 Å². The SMILES string of the molecule is CC(=O)O[C@H]1CCC2=CCC[C@H](C)[C@@]2(C)C=C(C)[C@@H]1OC(C)=O. The number of hydrogen-bond acceptors (Lipinski definition) is 4. The van der Waals surface area contributed by atoms with Gasteiger partial charge < -0.3 is 9.47 Å². The highest BCUT2D eigenvalue weighted by atomic mass is 16.6. The van der Waals surface area contributed by atoms with Crippen molar-refractivity contribution in [3.63, 3.8) is 0 Å². The van der Waals surface area contributed by atoms with E-state index in [4.69, 9.17) is 9.47 Å². The molecule has 0 amide bonds. The molecule has 4 nitrogen and oxygen atoms in total. The highest BCUT2D eigenvalue weighted by Crippen LogP contribution is 2.47. The Morgan fingerprint density at radius 1 is 1.17 bits per heavy atom. The topological polar surface area (TPSA) is 52.6 Å². The summed E-state index contributed by atoms with van der Waals surface area (Å²) in [6, 6.07) is 0. The Morgan fingerprint density at radius 3 is 2.43 bits per heavy atom. The van der Waals surface area contributed by atoms with E-state index >= 15 is 0 Å². The zero-order valence-corrected chi connectivity index (χ0v) is 14.8. The highest BCUT2D eigenvalue weighted by molar-refractivity contribution is 5.67. The van der Waals surface area contributed by atoms with Crippen molar-refractivity contribution < 1.29 is 19.1 Å². The molecule has 0 saturated heterocycles. The van der Waals surface area contributed by atoms with Gasteiger partial charge in [-0.1, -0.05) is 31.6 Å². The van der Waals surface area contributed by atoms with Crippen LogP contribution in [0.15, 0.2) is 23.3 Å². The Balaban J connectivity index is 2.42. The van der Waals surface area contributed by atoms with Crippen LogP contribution in [0.2, 0.25) is 0 Å². The van der Waals surface area contributed by atoms with E-state index in [1.54, 1.807) is 0 Å². The quantitative estimate of drug-likeness (QED) is 0.571. The van der Waals surface area contributed by atoms with E-state index in [2.05, 4.69) is 26.0 Å². The second-order valence-corrected chi connectivity index (χ2v) is 7.10. The lowest BCUT2D eigenvalue weighted by molar-refractivity contribution is -0.163. The van der Waals surface area contributed by atoms with Crippen molar-refractivity contribution in [2.24, 2.45) is 11.3 Å². The molecule has 0 aromatic heterocycles. The number of esters is 2. The average molecular weight is 320 g/mol. The lowest BCUT2D eigenvalue weighted by atomic mass is 9.64. The summed E-state index contributed by atoms with van der Waals surface area (Å²) in [4.78, 5) is 23.0. The Labute approximate surface area is 138 Å². The smallest absolute Gasteiger partial charge is 0.303 e. The Hall–Kier alpha value is -1.58. The third-order valence-corrected chi connectivity index (χ3v) is 5.33. The molecule has 128 valence electrons. The van der Waals surface area contributed by atoms with Crippen molar-refractivity contribution in [1.82, 2.24) is 0 Å². The Bertz CT molecular complexity index is 546. The number of carbonyl (C=O) groups is 2. The number of fused-ring (bicyclic) bond motifs is 1. The summed E-state index contributed by atoms with van der Waals surface area (Å²) >= 11 is 0. The van der Waals surface area contributed by atoms with Crippen LogP contribution in [-0.4, -0.2) is 24.1 Å². The van der Waals surface area contributed by atoms with Crippen molar-refractivity contribution in [2.45, 2.75) is 72.5 Å². The van der Waals surface area contributed by atoms with E-state index in [9.17, 15) is 9.59 Å². The van der Waals surface area contributed by atoms with Crippen molar-refractivity contribution in [3.8, 4) is 0 Å².